The van der Waals surface area contributed by atoms with Gasteiger partial charge in [0, 0.05) is 12.5 Å². The molecule has 18 heavy (non-hydrogen) atoms. The molecule has 0 aliphatic carbocycles. The van der Waals surface area contributed by atoms with Crippen LogP contribution < -0.4 is 0 Å². The maximum absolute atomic E-state index is 13.1. The van der Waals surface area contributed by atoms with E-state index < -0.39 is 6.10 Å². The van der Waals surface area contributed by atoms with E-state index in [1.807, 2.05) is 6.92 Å². The van der Waals surface area contributed by atoms with Crippen molar-refractivity contribution in [2.24, 2.45) is 0 Å². The van der Waals surface area contributed by atoms with Gasteiger partial charge in [0.1, 0.15) is 23.3 Å². The van der Waals surface area contributed by atoms with Crippen molar-refractivity contribution < 1.29 is 18.7 Å². The molecule has 0 spiro atoms. The highest BCUT2D eigenvalue weighted by Gasteiger charge is 2.23. The SMILES string of the molecule is CCCC(OC)C(O)c1cc2cc(F)ccc2o1. The average molecular weight is 252 g/mol. The van der Waals surface area contributed by atoms with Gasteiger partial charge in [-0.2, -0.15) is 0 Å². The Kier molecular flexibility index (Phi) is 3.99. The van der Waals surface area contributed by atoms with Crippen molar-refractivity contribution in [2.45, 2.75) is 32.0 Å². The Labute approximate surface area is 105 Å². The van der Waals surface area contributed by atoms with Gasteiger partial charge in [-0.05, 0) is 30.7 Å². The highest BCUT2D eigenvalue weighted by Crippen LogP contribution is 2.28. The lowest BCUT2D eigenvalue weighted by molar-refractivity contribution is -0.0271. The minimum absolute atomic E-state index is 0.305. The van der Waals surface area contributed by atoms with E-state index in [1.165, 1.54) is 12.1 Å². The summed E-state index contributed by atoms with van der Waals surface area (Å²) in [7, 11) is 1.56. The highest BCUT2D eigenvalue weighted by atomic mass is 19.1. The highest BCUT2D eigenvalue weighted by molar-refractivity contribution is 5.77. The van der Waals surface area contributed by atoms with Crippen LogP contribution in [0.25, 0.3) is 11.0 Å². The van der Waals surface area contributed by atoms with Crippen molar-refractivity contribution in [3.63, 3.8) is 0 Å². The molecule has 1 aromatic heterocycles. The lowest BCUT2D eigenvalue weighted by Gasteiger charge is -2.18. The molecule has 1 heterocycles. The van der Waals surface area contributed by atoms with Gasteiger partial charge in [0.2, 0.25) is 0 Å². The van der Waals surface area contributed by atoms with E-state index in [2.05, 4.69) is 0 Å². The molecule has 1 N–H and O–H groups in total. The number of aliphatic hydroxyl groups excluding tert-OH is 1. The quantitative estimate of drug-likeness (QED) is 0.886. The molecule has 4 heteroatoms. The first-order valence-electron chi connectivity index (χ1n) is 6.05. The molecular formula is C14H17FO3. The van der Waals surface area contributed by atoms with Crippen molar-refractivity contribution in [2.75, 3.05) is 7.11 Å². The molecule has 1 aromatic carbocycles. The molecule has 0 aliphatic rings. The number of halogens is 1. The Morgan fingerprint density at radius 2 is 2.17 bits per heavy atom. The number of fused-ring (bicyclic) bond motifs is 1. The van der Waals surface area contributed by atoms with Gasteiger partial charge in [0.05, 0.1) is 6.10 Å². The van der Waals surface area contributed by atoms with Gasteiger partial charge < -0.3 is 14.3 Å². The van der Waals surface area contributed by atoms with Crippen LogP contribution in [0.5, 0.6) is 0 Å². The zero-order valence-electron chi connectivity index (χ0n) is 10.5. The van der Waals surface area contributed by atoms with E-state index in [0.29, 0.717) is 16.7 Å². The summed E-state index contributed by atoms with van der Waals surface area (Å²) in [6.07, 6.45) is 0.513. The maximum Gasteiger partial charge on any atom is 0.138 e. The number of ether oxygens (including phenoxy) is 1. The first kappa shape index (κ1) is 13.1. The smallest absolute Gasteiger partial charge is 0.138 e. The molecule has 0 saturated heterocycles. The maximum atomic E-state index is 13.1. The number of furan rings is 1. The molecular weight excluding hydrogens is 235 g/mol. The largest absolute Gasteiger partial charge is 0.458 e. The van der Waals surface area contributed by atoms with Crippen molar-refractivity contribution in [1.82, 2.24) is 0 Å². The zero-order chi connectivity index (χ0) is 13.1. The van der Waals surface area contributed by atoms with Crippen LogP contribution in [0.15, 0.2) is 28.7 Å². The fraction of sp³-hybridized carbons (Fsp3) is 0.429. The standard InChI is InChI=1S/C14H17FO3/c1-3-4-12(17-2)14(16)13-8-9-7-10(15)5-6-11(9)18-13/h5-8,12,14,16H,3-4H2,1-2H3. The second-order valence-corrected chi connectivity index (χ2v) is 4.34. The Hall–Kier alpha value is -1.39. The van der Waals surface area contributed by atoms with Crippen LogP contribution in [0.4, 0.5) is 4.39 Å². The van der Waals surface area contributed by atoms with Crippen molar-refractivity contribution in [1.29, 1.82) is 0 Å². The minimum Gasteiger partial charge on any atom is -0.458 e. The fourth-order valence-corrected chi connectivity index (χ4v) is 2.05. The first-order chi connectivity index (χ1) is 8.65. The van der Waals surface area contributed by atoms with Gasteiger partial charge in [-0.25, -0.2) is 4.39 Å². The van der Waals surface area contributed by atoms with Crippen LogP contribution in [-0.2, 0) is 4.74 Å². The lowest BCUT2D eigenvalue weighted by Crippen LogP contribution is -2.20. The minimum atomic E-state index is -0.828. The molecule has 2 unspecified atom stereocenters. The van der Waals surface area contributed by atoms with Crippen LogP contribution in [0.2, 0.25) is 0 Å². The molecule has 0 bridgehead atoms. The van der Waals surface area contributed by atoms with E-state index in [1.54, 1.807) is 19.2 Å². The second-order valence-electron chi connectivity index (χ2n) is 4.34. The van der Waals surface area contributed by atoms with Crippen LogP contribution >= 0.6 is 0 Å². The van der Waals surface area contributed by atoms with Gasteiger partial charge in [0.15, 0.2) is 0 Å². The Morgan fingerprint density at radius 1 is 1.39 bits per heavy atom. The molecule has 2 atom stereocenters. The second kappa shape index (κ2) is 5.50. The normalized spacial score (nSPS) is 14.9. The number of rotatable bonds is 5. The van der Waals surface area contributed by atoms with E-state index in [9.17, 15) is 9.50 Å². The summed E-state index contributed by atoms with van der Waals surface area (Å²) in [6.45, 7) is 2.02. The first-order valence-corrected chi connectivity index (χ1v) is 6.05. The molecule has 98 valence electrons. The molecule has 2 rings (SSSR count). The summed E-state index contributed by atoms with van der Waals surface area (Å²) in [4.78, 5) is 0. The third kappa shape index (κ3) is 2.54. The van der Waals surface area contributed by atoms with E-state index >= 15 is 0 Å². The summed E-state index contributed by atoms with van der Waals surface area (Å²) in [5.41, 5.74) is 0.566. The van der Waals surface area contributed by atoms with Crippen molar-refractivity contribution in [3.8, 4) is 0 Å². The summed E-state index contributed by atoms with van der Waals surface area (Å²) in [5.74, 6) is 0.0945. The third-order valence-corrected chi connectivity index (χ3v) is 3.02. The van der Waals surface area contributed by atoms with Crippen LogP contribution in [0.3, 0.4) is 0 Å². The van der Waals surface area contributed by atoms with Crippen molar-refractivity contribution >= 4 is 11.0 Å². The van der Waals surface area contributed by atoms with Crippen LogP contribution in [0, 0.1) is 5.82 Å². The van der Waals surface area contributed by atoms with Crippen LogP contribution in [0.1, 0.15) is 31.6 Å². The predicted octanol–water partition coefficient (Wildman–Crippen LogP) is 3.42. The molecule has 0 fully saturated rings. The zero-order valence-corrected chi connectivity index (χ0v) is 10.5. The van der Waals surface area contributed by atoms with E-state index in [4.69, 9.17) is 9.15 Å². The molecule has 0 radical (unpaired) electrons. The molecule has 3 nitrogen and oxygen atoms in total. The van der Waals surface area contributed by atoms with Crippen molar-refractivity contribution in [3.05, 3.63) is 35.8 Å². The van der Waals surface area contributed by atoms with Gasteiger partial charge in [-0.15, -0.1) is 0 Å². The van der Waals surface area contributed by atoms with E-state index in [0.717, 1.165) is 12.8 Å². The third-order valence-electron chi connectivity index (χ3n) is 3.02. The number of methoxy groups -OCH3 is 1. The van der Waals surface area contributed by atoms with Gasteiger partial charge in [0.25, 0.3) is 0 Å². The summed E-state index contributed by atoms with van der Waals surface area (Å²) < 4.78 is 23.8. The molecule has 0 aliphatic heterocycles. The van der Waals surface area contributed by atoms with Crippen LogP contribution in [-0.4, -0.2) is 18.3 Å². The Balaban J connectivity index is 2.29. The van der Waals surface area contributed by atoms with Gasteiger partial charge >= 0.3 is 0 Å². The lowest BCUT2D eigenvalue weighted by atomic mass is 10.1. The summed E-state index contributed by atoms with van der Waals surface area (Å²) in [5, 5.41) is 10.8. The summed E-state index contributed by atoms with van der Waals surface area (Å²) >= 11 is 0. The number of benzene rings is 1. The number of aliphatic hydroxyl groups is 1. The van der Waals surface area contributed by atoms with Gasteiger partial charge in [-0.3, -0.25) is 0 Å². The number of hydrogen-bond acceptors (Lipinski definition) is 3. The molecule has 0 amide bonds. The fourth-order valence-electron chi connectivity index (χ4n) is 2.05. The van der Waals surface area contributed by atoms with E-state index in [-0.39, 0.29) is 11.9 Å². The topological polar surface area (TPSA) is 42.6 Å². The Bertz CT molecular complexity index is 521. The predicted molar refractivity (Wildman–Crippen MR) is 66.8 cm³/mol. The van der Waals surface area contributed by atoms with Gasteiger partial charge in [-0.1, -0.05) is 13.3 Å². The monoisotopic (exact) mass is 252 g/mol. The average Bonchev–Trinajstić information content (AvgIpc) is 2.77. The summed E-state index contributed by atoms with van der Waals surface area (Å²) in [6, 6.07) is 5.94. The molecule has 2 aromatic rings. The molecule has 0 saturated carbocycles. The number of hydrogen-bond donors (Lipinski definition) is 1. The Morgan fingerprint density at radius 3 is 2.83 bits per heavy atom.